The average Bonchev–Trinajstić information content (AvgIpc) is 2.55. The van der Waals surface area contributed by atoms with Gasteiger partial charge in [0.1, 0.15) is 0 Å². The molecular formula is C9H18N2O4. The van der Waals surface area contributed by atoms with Crippen LogP contribution in [0.3, 0.4) is 0 Å². The van der Waals surface area contributed by atoms with Crippen molar-refractivity contribution < 1.29 is 19.7 Å². The van der Waals surface area contributed by atoms with Gasteiger partial charge in [0.15, 0.2) is 0 Å². The van der Waals surface area contributed by atoms with Gasteiger partial charge in [0.25, 0.3) is 0 Å². The number of carbonyl (C=O) groups is 1. The summed E-state index contributed by atoms with van der Waals surface area (Å²) < 4.78 is 4.99. The Labute approximate surface area is 88.6 Å². The van der Waals surface area contributed by atoms with Crippen molar-refractivity contribution in [1.29, 1.82) is 0 Å². The van der Waals surface area contributed by atoms with Crippen LogP contribution >= 0.6 is 0 Å². The van der Waals surface area contributed by atoms with Crippen molar-refractivity contribution in [3.63, 3.8) is 0 Å². The molecule has 0 aliphatic carbocycles. The monoisotopic (exact) mass is 218 g/mol. The Morgan fingerprint density at radius 3 is 2.47 bits per heavy atom. The van der Waals surface area contributed by atoms with Crippen LogP contribution in [0.2, 0.25) is 0 Å². The summed E-state index contributed by atoms with van der Waals surface area (Å²) in [5.41, 5.74) is 5.39. The zero-order valence-corrected chi connectivity index (χ0v) is 8.80. The standard InChI is InChI=1S/C9H18N2O4/c1-15-6(3-10)2-9(14)11-4-7(12)8(13)5-11/h6-8,12-13H,2-5,10H2,1H3. The number of carbonyl (C=O) groups excluding carboxylic acids is 1. The number of methoxy groups -OCH3 is 1. The van der Waals surface area contributed by atoms with Gasteiger partial charge in [-0.3, -0.25) is 4.79 Å². The van der Waals surface area contributed by atoms with Crippen molar-refractivity contribution in [2.24, 2.45) is 5.73 Å². The molecule has 3 unspecified atom stereocenters. The van der Waals surface area contributed by atoms with E-state index in [1.54, 1.807) is 0 Å². The quantitative estimate of drug-likeness (QED) is 0.503. The maximum Gasteiger partial charge on any atom is 0.225 e. The Morgan fingerprint density at radius 1 is 1.53 bits per heavy atom. The highest BCUT2D eigenvalue weighted by atomic mass is 16.5. The van der Waals surface area contributed by atoms with Gasteiger partial charge in [-0.25, -0.2) is 0 Å². The van der Waals surface area contributed by atoms with Gasteiger partial charge in [-0.05, 0) is 0 Å². The molecule has 1 rings (SSSR count). The minimum absolute atomic E-state index is 0.150. The van der Waals surface area contributed by atoms with E-state index in [0.29, 0.717) is 0 Å². The summed E-state index contributed by atoms with van der Waals surface area (Å²) >= 11 is 0. The number of aliphatic hydroxyl groups excluding tert-OH is 2. The molecule has 88 valence electrons. The lowest BCUT2D eigenvalue weighted by Crippen LogP contribution is -2.35. The van der Waals surface area contributed by atoms with E-state index in [2.05, 4.69) is 0 Å². The second kappa shape index (κ2) is 5.41. The van der Waals surface area contributed by atoms with Crippen LogP contribution < -0.4 is 5.73 Å². The van der Waals surface area contributed by atoms with E-state index in [1.165, 1.54) is 12.0 Å². The Morgan fingerprint density at radius 2 is 2.07 bits per heavy atom. The van der Waals surface area contributed by atoms with Crippen molar-refractivity contribution in [1.82, 2.24) is 4.90 Å². The zero-order chi connectivity index (χ0) is 11.4. The molecule has 15 heavy (non-hydrogen) atoms. The number of rotatable bonds is 4. The second-order valence-electron chi connectivity index (χ2n) is 3.73. The lowest BCUT2D eigenvalue weighted by Gasteiger charge is -2.18. The first-order valence-corrected chi connectivity index (χ1v) is 4.95. The van der Waals surface area contributed by atoms with Gasteiger partial charge >= 0.3 is 0 Å². The lowest BCUT2D eigenvalue weighted by atomic mass is 10.2. The molecule has 6 nitrogen and oxygen atoms in total. The summed E-state index contributed by atoms with van der Waals surface area (Å²) in [6.07, 6.45) is -1.79. The van der Waals surface area contributed by atoms with Crippen LogP contribution in [-0.4, -0.2) is 66.1 Å². The third kappa shape index (κ3) is 3.13. The summed E-state index contributed by atoms with van der Waals surface area (Å²) in [6, 6.07) is 0. The predicted octanol–water partition coefficient (Wildman–Crippen LogP) is -2.09. The number of β-amino-alcohol motifs (C(OH)–C–C–N with tert-alkyl or cyclic N) is 2. The van der Waals surface area contributed by atoms with Gasteiger partial charge in [0.05, 0.1) is 24.7 Å². The van der Waals surface area contributed by atoms with Crippen LogP contribution in [0.15, 0.2) is 0 Å². The Hall–Kier alpha value is -0.690. The minimum Gasteiger partial charge on any atom is -0.388 e. The highest BCUT2D eigenvalue weighted by Crippen LogP contribution is 2.12. The van der Waals surface area contributed by atoms with Crippen LogP contribution in [0.4, 0.5) is 0 Å². The molecule has 0 radical (unpaired) electrons. The number of nitrogens with two attached hydrogens (primary N) is 1. The van der Waals surface area contributed by atoms with Crippen LogP contribution in [-0.2, 0) is 9.53 Å². The first-order chi connectivity index (χ1) is 7.08. The number of nitrogens with zero attached hydrogens (tertiary/aromatic N) is 1. The largest absolute Gasteiger partial charge is 0.388 e. The van der Waals surface area contributed by atoms with Gasteiger partial charge in [-0.2, -0.15) is 0 Å². The van der Waals surface area contributed by atoms with Gasteiger partial charge in [0.2, 0.25) is 5.91 Å². The van der Waals surface area contributed by atoms with Crippen molar-refractivity contribution in [2.75, 3.05) is 26.7 Å². The first-order valence-electron chi connectivity index (χ1n) is 4.95. The molecule has 0 saturated carbocycles. The summed E-state index contributed by atoms with van der Waals surface area (Å²) in [6.45, 7) is 0.642. The van der Waals surface area contributed by atoms with E-state index in [4.69, 9.17) is 10.5 Å². The molecule has 6 heteroatoms. The average molecular weight is 218 g/mol. The van der Waals surface area contributed by atoms with Crippen molar-refractivity contribution in [3.05, 3.63) is 0 Å². The molecule has 1 amide bonds. The number of ether oxygens (including phenoxy) is 1. The molecule has 1 aliphatic heterocycles. The summed E-state index contributed by atoms with van der Waals surface area (Å²) in [5, 5.41) is 18.5. The zero-order valence-electron chi connectivity index (χ0n) is 8.80. The fourth-order valence-electron chi connectivity index (χ4n) is 1.56. The summed E-state index contributed by atoms with van der Waals surface area (Å²) in [7, 11) is 1.50. The molecule has 1 fully saturated rings. The Bertz CT molecular complexity index is 210. The topological polar surface area (TPSA) is 96.0 Å². The van der Waals surface area contributed by atoms with Crippen LogP contribution in [0.1, 0.15) is 6.42 Å². The fraction of sp³-hybridized carbons (Fsp3) is 0.889. The number of likely N-dealkylation sites (tertiary alicyclic amines) is 1. The third-order valence-corrected chi connectivity index (χ3v) is 2.61. The summed E-state index contributed by atoms with van der Waals surface area (Å²) in [4.78, 5) is 13.1. The second-order valence-corrected chi connectivity index (χ2v) is 3.73. The molecule has 1 aliphatic rings. The number of hydrogen-bond acceptors (Lipinski definition) is 5. The molecule has 1 saturated heterocycles. The van der Waals surface area contributed by atoms with Crippen LogP contribution in [0.25, 0.3) is 0 Å². The highest BCUT2D eigenvalue weighted by molar-refractivity contribution is 5.77. The van der Waals surface area contributed by atoms with Crippen molar-refractivity contribution >= 4 is 5.91 Å². The van der Waals surface area contributed by atoms with Crippen LogP contribution in [0.5, 0.6) is 0 Å². The molecular weight excluding hydrogens is 200 g/mol. The van der Waals surface area contributed by atoms with E-state index in [-0.39, 0.29) is 38.1 Å². The minimum atomic E-state index is -0.840. The molecule has 3 atom stereocenters. The fourth-order valence-corrected chi connectivity index (χ4v) is 1.56. The Balaban J connectivity index is 2.41. The van der Waals surface area contributed by atoms with E-state index in [1.807, 2.05) is 0 Å². The lowest BCUT2D eigenvalue weighted by molar-refractivity contribution is -0.133. The predicted molar refractivity (Wildman–Crippen MR) is 53.1 cm³/mol. The maximum atomic E-state index is 11.6. The van der Waals surface area contributed by atoms with E-state index >= 15 is 0 Å². The van der Waals surface area contributed by atoms with Crippen molar-refractivity contribution in [2.45, 2.75) is 24.7 Å². The van der Waals surface area contributed by atoms with Gasteiger partial charge in [-0.15, -0.1) is 0 Å². The highest BCUT2D eigenvalue weighted by Gasteiger charge is 2.32. The maximum absolute atomic E-state index is 11.6. The number of aliphatic hydroxyl groups is 2. The molecule has 0 spiro atoms. The molecule has 0 aromatic rings. The molecule has 4 N–H and O–H groups in total. The summed E-state index contributed by atoms with van der Waals surface area (Å²) in [5.74, 6) is -0.150. The molecule has 0 aromatic carbocycles. The molecule has 0 aromatic heterocycles. The molecule has 0 bridgehead atoms. The first kappa shape index (κ1) is 12.4. The van der Waals surface area contributed by atoms with Crippen molar-refractivity contribution in [3.8, 4) is 0 Å². The Kier molecular flexibility index (Phi) is 4.46. The third-order valence-electron chi connectivity index (χ3n) is 2.61. The number of hydrogen-bond donors (Lipinski definition) is 3. The smallest absolute Gasteiger partial charge is 0.225 e. The van der Waals surface area contributed by atoms with Gasteiger partial charge in [-0.1, -0.05) is 0 Å². The van der Waals surface area contributed by atoms with Gasteiger partial charge in [0, 0.05) is 26.7 Å². The van der Waals surface area contributed by atoms with E-state index < -0.39 is 12.2 Å². The van der Waals surface area contributed by atoms with Gasteiger partial charge < -0.3 is 25.6 Å². The van der Waals surface area contributed by atoms with E-state index in [9.17, 15) is 15.0 Å². The normalized spacial score (nSPS) is 28.1. The number of amides is 1. The van der Waals surface area contributed by atoms with Crippen LogP contribution in [0, 0.1) is 0 Å². The SMILES string of the molecule is COC(CN)CC(=O)N1CC(O)C(O)C1. The van der Waals surface area contributed by atoms with E-state index in [0.717, 1.165) is 0 Å². The molecule has 1 heterocycles.